The number of hydrogen-bond acceptors (Lipinski definition) is 4. The van der Waals surface area contributed by atoms with Gasteiger partial charge in [0, 0.05) is 17.5 Å². The molecule has 1 unspecified atom stereocenters. The third kappa shape index (κ3) is 4.50. The third-order valence-corrected chi connectivity index (χ3v) is 2.89. The fourth-order valence-corrected chi connectivity index (χ4v) is 2.13. The molecule has 1 atom stereocenters. The topological polar surface area (TPSA) is 69.4 Å². The predicted octanol–water partition coefficient (Wildman–Crippen LogP) is 3.60. The van der Waals surface area contributed by atoms with Gasteiger partial charge in [0.1, 0.15) is 0 Å². The molecule has 0 aromatic heterocycles. The maximum atomic E-state index is 11.7. The smallest absolute Gasteiger partial charge is 0.306 e. The number of esters is 1. The molecular formula is C15H19NO4. The van der Waals surface area contributed by atoms with E-state index < -0.39 is 4.92 Å². The van der Waals surface area contributed by atoms with Crippen molar-refractivity contribution in [1.29, 1.82) is 0 Å². The summed E-state index contributed by atoms with van der Waals surface area (Å²) < 4.78 is 4.94. The van der Waals surface area contributed by atoms with Crippen LogP contribution in [0, 0.1) is 10.1 Å². The van der Waals surface area contributed by atoms with Crippen LogP contribution < -0.4 is 0 Å². The van der Waals surface area contributed by atoms with Crippen molar-refractivity contribution in [3.05, 3.63) is 52.1 Å². The number of carbonyl (C=O) groups excluding carboxylic acids is 1. The van der Waals surface area contributed by atoms with Gasteiger partial charge in [-0.15, -0.1) is 6.58 Å². The lowest BCUT2D eigenvalue weighted by molar-refractivity contribution is -0.385. The number of para-hydroxylation sites is 1. The molecule has 1 aromatic rings. The molecule has 0 bridgehead atoms. The van der Waals surface area contributed by atoms with Crippen LogP contribution in [0.1, 0.15) is 38.2 Å². The molecule has 0 aliphatic rings. The van der Waals surface area contributed by atoms with E-state index in [0.717, 1.165) is 5.57 Å². The van der Waals surface area contributed by atoms with Crippen molar-refractivity contribution in [3.8, 4) is 0 Å². The summed E-state index contributed by atoms with van der Waals surface area (Å²) >= 11 is 0. The summed E-state index contributed by atoms with van der Waals surface area (Å²) in [5.74, 6) is -0.634. The van der Waals surface area contributed by atoms with Crippen molar-refractivity contribution in [2.24, 2.45) is 0 Å². The maximum absolute atomic E-state index is 11.7. The number of benzene rings is 1. The summed E-state index contributed by atoms with van der Waals surface area (Å²) in [5, 5.41) is 11.1. The van der Waals surface area contributed by atoms with Crippen LogP contribution in [-0.4, -0.2) is 17.5 Å². The second-order valence-corrected chi connectivity index (χ2v) is 4.68. The first kappa shape index (κ1) is 15.9. The normalized spacial score (nSPS) is 11.7. The van der Waals surface area contributed by atoms with Gasteiger partial charge < -0.3 is 4.74 Å². The Morgan fingerprint density at radius 1 is 1.40 bits per heavy atom. The molecule has 1 rings (SSSR count). The molecule has 0 saturated carbocycles. The highest BCUT2D eigenvalue weighted by atomic mass is 16.6. The highest BCUT2D eigenvalue weighted by molar-refractivity contribution is 5.71. The number of hydrogen-bond donors (Lipinski definition) is 0. The first-order valence-electron chi connectivity index (χ1n) is 6.49. The van der Waals surface area contributed by atoms with Crippen LogP contribution in [0.2, 0.25) is 0 Å². The minimum absolute atomic E-state index is 0.0306. The molecule has 0 spiro atoms. The van der Waals surface area contributed by atoms with Crippen molar-refractivity contribution >= 4 is 11.7 Å². The minimum Gasteiger partial charge on any atom is -0.466 e. The number of nitro benzene ring substituents is 1. The molecular weight excluding hydrogens is 258 g/mol. The Morgan fingerprint density at radius 2 is 2.05 bits per heavy atom. The summed E-state index contributed by atoms with van der Waals surface area (Å²) in [6.07, 6.45) is 0.634. The van der Waals surface area contributed by atoms with Crippen LogP contribution in [0.4, 0.5) is 5.69 Å². The van der Waals surface area contributed by atoms with Crippen LogP contribution in [0.3, 0.4) is 0 Å². The van der Waals surface area contributed by atoms with E-state index in [1.165, 1.54) is 6.07 Å². The van der Waals surface area contributed by atoms with Crippen molar-refractivity contribution < 1.29 is 14.5 Å². The van der Waals surface area contributed by atoms with Gasteiger partial charge >= 0.3 is 5.97 Å². The quantitative estimate of drug-likeness (QED) is 0.330. The minimum atomic E-state index is -0.425. The van der Waals surface area contributed by atoms with Gasteiger partial charge in [0.05, 0.1) is 18.0 Å². The van der Waals surface area contributed by atoms with Crippen molar-refractivity contribution in [2.45, 2.75) is 32.6 Å². The molecule has 0 amide bonds. The summed E-state index contributed by atoms with van der Waals surface area (Å²) in [5.41, 5.74) is 1.45. The number of ether oxygens (including phenoxy) is 1. The van der Waals surface area contributed by atoms with Gasteiger partial charge in [0.15, 0.2) is 0 Å². The predicted molar refractivity (Wildman–Crippen MR) is 76.5 cm³/mol. The van der Waals surface area contributed by atoms with Crippen molar-refractivity contribution in [3.63, 3.8) is 0 Å². The Bertz CT molecular complexity index is 510. The van der Waals surface area contributed by atoms with E-state index in [0.29, 0.717) is 18.6 Å². The molecule has 0 fully saturated rings. The Morgan fingerprint density at radius 3 is 2.60 bits per heavy atom. The molecule has 0 radical (unpaired) electrons. The maximum Gasteiger partial charge on any atom is 0.306 e. The highest BCUT2D eigenvalue weighted by Crippen LogP contribution is 2.33. The Kier molecular flexibility index (Phi) is 5.90. The number of nitro groups is 1. The van der Waals surface area contributed by atoms with Gasteiger partial charge in [-0.25, -0.2) is 0 Å². The zero-order valence-corrected chi connectivity index (χ0v) is 11.8. The monoisotopic (exact) mass is 277 g/mol. The van der Waals surface area contributed by atoms with E-state index in [4.69, 9.17) is 4.74 Å². The van der Waals surface area contributed by atoms with Crippen LogP contribution in [-0.2, 0) is 9.53 Å². The molecule has 108 valence electrons. The first-order chi connectivity index (χ1) is 9.45. The van der Waals surface area contributed by atoms with Gasteiger partial charge in [-0.05, 0) is 20.3 Å². The van der Waals surface area contributed by atoms with Gasteiger partial charge in [-0.3, -0.25) is 14.9 Å². The Labute approximate surface area is 118 Å². The second-order valence-electron chi connectivity index (χ2n) is 4.68. The van der Waals surface area contributed by atoms with Crippen LogP contribution >= 0.6 is 0 Å². The average Bonchev–Trinajstić information content (AvgIpc) is 2.37. The number of carbonyl (C=O) groups is 1. The molecule has 0 heterocycles. The van der Waals surface area contributed by atoms with Crippen LogP contribution in [0.15, 0.2) is 36.4 Å². The largest absolute Gasteiger partial charge is 0.466 e. The molecule has 1 aromatic carbocycles. The summed E-state index contributed by atoms with van der Waals surface area (Å²) in [6, 6.07) is 6.49. The fraction of sp³-hybridized carbons (Fsp3) is 0.400. The molecule has 0 aliphatic heterocycles. The molecule has 0 N–H and O–H groups in total. The molecule has 5 heteroatoms. The zero-order chi connectivity index (χ0) is 15.1. The average molecular weight is 277 g/mol. The van der Waals surface area contributed by atoms with E-state index in [-0.39, 0.29) is 24.0 Å². The van der Waals surface area contributed by atoms with Gasteiger partial charge in [-0.2, -0.15) is 0 Å². The number of allylic oxidation sites excluding steroid dienone is 1. The van der Waals surface area contributed by atoms with E-state index in [9.17, 15) is 14.9 Å². The summed E-state index contributed by atoms with van der Waals surface area (Å²) in [6.45, 7) is 7.70. The standard InChI is InChI=1S/C15H19NO4/c1-4-20-15(17)10-12(9-11(2)3)13-7-5-6-8-14(13)16(18)19/h5-8,12H,2,4,9-10H2,1,3H3. The zero-order valence-electron chi connectivity index (χ0n) is 11.8. The molecule has 20 heavy (non-hydrogen) atoms. The lowest BCUT2D eigenvalue weighted by atomic mass is 9.89. The van der Waals surface area contributed by atoms with Crippen LogP contribution in [0.5, 0.6) is 0 Å². The molecule has 0 saturated heterocycles. The number of rotatable bonds is 7. The van der Waals surface area contributed by atoms with Gasteiger partial charge in [-0.1, -0.05) is 23.8 Å². The van der Waals surface area contributed by atoms with Gasteiger partial charge in [0.2, 0.25) is 0 Å². The van der Waals surface area contributed by atoms with Crippen LogP contribution in [0.25, 0.3) is 0 Å². The summed E-state index contributed by atoms with van der Waals surface area (Å²) in [7, 11) is 0. The van der Waals surface area contributed by atoms with Crippen molar-refractivity contribution in [1.82, 2.24) is 0 Å². The van der Waals surface area contributed by atoms with Gasteiger partial charge in [0.25, 0.3) is 5.69 Å². The fourth-order valence-electron chi connectivity index (χ4n) is 2.13. The first-order valence-corrected chi connectivity index (χ1v) is 6.49. The van der Waals surface area contributed by atoms with E-state index >= 15 is 0 Å². The lowest BCUT2D eigenvalue weighted by Gasteiger charge is -2.16. The summed E-state index contributed by atoms with van der Waals surface area (Å²) in [4.78, 5) is 22.3. The highest BCUT2D eigenvalue weighted by Gasteiger charge is 2.24. The Hall–Kier alpha value is -2.17. The Balaban J connectivity index is 3.07. The second kappa shape index (κ2) is 7.43. The lowest BCUT2D eigenvalue weighted by Crippen LogP contribution is -2.12. The number of nitrogens with zero attached hydrogens (tertiary/aromatic N) is 1. The van der Waals surface area contributed by atoms with E-state index in [1.54, 1.807) is 25.1 Å². The van der Waals surface area contributed by atoms with Crippen molar-refractivity contribution in [2.75, 3.05) is 6.61 Å². The molecule has 5 nitrogen and oxygen atoms in total. The molecule has 0 aliphatic carbocycles. The third-order valence-electron chi connectivity index (χ3n) is 2.89. The van der Waals surface area contributed by atoms with E-state index in [2.05, 4.69) is 6.58 Å². The van der Waals surface area contributed by atoms with E-state index in [1.807, 2.05) is 6.92 Å². The SMILES string of the molecule is C=C(C)CC(CC(=O)OCC)c1ccccc1[N+](=O)[O-].